The lowest BCUT2D eigenvalue weighted by atomic mass is 10.1. The fraction of sp³-hybridized carbons (Fsp3) is 0.118. The van der Waals surface area contributed by atoms with Gasteiger partial charge in [0.15, 0.2) is 0 Å². The number of para-hydroxylation sites is 2. The zero-order valence-electron chi connectivity index (χ0n) is 12.4. The largest absolute Gasteiger partial charge is 0.323 e. The van der Waals surface area contributed by atoms with Crippen molar-refractivity contribution in [1.82, 2.24) is 0 Å². The van der Waals surface area contributed by atoms with E-state index in [9.17, 15) is 9.59 Å². The number of nitrogens with zero attached hydrogens (tertiary/aromatic N) is 2. The number of nitriles is 1. The Balaban J connectivity index is 2.20. The number of benzene rings is 2. The SMILES string of the molecule is CC(=O)N(CC(=O)Nc1ccccc1Cl)c1ccccc1C#N. The van der Waals surface area contributed by atoms with E-state index in [1.54, 1.807) is 48.5 Å². The molecule has 0 unspecified atom stereocenters. The molecule has 116 valence electrons. The Morgan fingerprint density at radius 1 is 1.17 bits per heavy atom. The van der Waals surface area contributed by atoms with Gasteiger partial charge in [0.05, 0.1) is 22.0 Å². The molecule has 5 nitrogen and oxygen atoms in total. The van der Waals surface area contributed by atoms with Crippen LogP contribution in [0.25, 0.3) is 0 Å². The van der Waals surface area contributed by atoms with E-state index < -0.39 is 5.91 Å². The second-order valence-electron chi connectivity index (χ2n) is 4.76. The van der Waals surface area contributed by atoms with Crippen LogP contribution in [0.5, 0.6) is 0 Å². The fourth-order valence-corrected chi connectivity index (χ4v) is 2.25. The monoisotopic (exact) mass is 327 g/mol. The number of halogens is 1. The highest BCUT2D eigenvalue weighted by atomic mass is 35.5. The molecule has 0 fully saturated rings. The van der Waals surface area contributed by atoms with Gasteiger partial charge < -0.3 is 10.2 Å². The Labute approximate surface area is 139 Å². The first kappa shape index (κ1) is 16.5. The molecule has 0 aliphatic heterocycles. The van der Waals surface area contributed by atoms with Gasteiger partial charge in [0, 0.05) is 6.92 Å². The van der Waals surface area contributed by atoms with Gasteiger partial charge in [0.2, 0.25) is 11.8 Å². The zero-order chi connectivity index (χ0) is 16.8. The van der Waals surface area contributed by atoms with E-state index in [1.807, 2.05) is 6.07 Å². The van der Waals surface area contributed by atoms with Crippen molar-refractivity contribution in [2.75, 3.05) is 16.8 Å². The molecule has 0 aromatic heterocycles. The average Bonchev–Trinajstić information content (AvgIpc) is 2.54. The van der Waals surface area contributed by atoms with Crippen molar-refractivity contribution in [3.8, 4) is 6.07 Å². The number of anilines is 2. The van der Waals surface area contributed by atoms with Crippen molar-refractivity contribution in [3.05, 3.63) is 59.1 Å². The third-order valence-corrected chi connectivity index (χ3v) is 3.47. The van der Waals surface area contributed by atoms with E-state index in [4.69, 9.17) is 16.9 Å². The minimum absolute atomic E-state index is 0.209. The number of hydrogen-bond donors (Lipinski definition) is 1. The van der Waals surface area contributed by atoms with Crippen LogP contribution in [0.1, 0.15) is 12.5 Å². The van der Waals surface area contributed by atoms with E-state index in [-0.39, 0.29) is 12.5 Å². The van der Waals surface area contributed by atoms with Crippen LogP contribution >= 0.6 is 11.6 Å². The highest BCUT2D eigenvalue weighted by molar-refractivity contribution is 6.33. The first-order valence-corrected chi connectivity index (χ1v) is 7.22. The molecule has 2 rings (SSSR count). The summed E-state index contributed by atoms with van der Waals surface area (Å²) in [6.45, 7) is 1.14. The summed E-state index contributed by atoms with van der Waals surface area (Å²) in [5, 5.41) is 12.2. The van der Waals surface area contributed by atoms with Crippen molar-refractivity contribution in [2.45, 2.75) is 6.92 Å². The van der Waals surface area contributed by atoms with Gasteiger partial charge in [-0.05, 0) is 24.3 Å². The van der Waals surface area contributed by atoms with Crippen LogP contribution in [0.4, 0.5) is 11.4 Å². The molecule has 2 aromatic carbocycles. The molecular formula is C17H14ClN3O2. The summed E-state index contributed by atoms with van der Waals surface area (Å²) in [5.74, 6) is -0.733. The number of carbonyl (C=O) groups excluding carboxylic acids is 2. The molecule has 0 radical (unpaired) electrons. The van der Waals surface area contributed by atoms with Crippen LogP contribution < -0.4 is 10.2 Å². The Kier molecular flexibility index (Phi) is 5.34. The summed E-state index contributed by atoms with van der Waals surface area (Å²) >= 11 is 5.99. The summed E-state index contributed by atoms with van der Waals surface area (Å²) in [7, 11) is 0. The van der Waals surface area contributed by atoms with Crippen molar-refractivity contribution in [3.63, 3.8) is 0 Å². The van der Waals surface area contributed by atoms with Crippen LogP contribution in [0.3, 0.4) is 0 Å². The molecule has 0 saturated heterocycles. The Bertz CT molecular complexity index is 783. The predicted octanol–water partition coefficient (Wildman–Crippen LogP) is 3.20. The molecule has 6 heteroatoms. The molecule has 1 N–H and O–H groups in total. The number of hydrogen-bond acceptors (Lipinski definition) is 3. The molecule has 0 heterocycles. The van der Waals surface area contributed by atoms with E-state index in [2.05, 4.69) is 5.32 Å². The van der Waals surface area contributed by atoms with Crippen molar-refractivity contribution in [1.29, 1.82) is 5.26 Å². The van der Waals surface area contributed by atoms with Crippen molar-refractivity contribution in [2.24, 2.45) is 0 Å². The van der Waals surface area contributed by atoms with Gasteiger partial charge in [-0.1, -0.05) is 35.9 Å². The Hall–Kier alpha value is -2.84. The molecule has 0 spiro atoms. The second-order valence-corrected chi connectivity index (χ2v) is 5.17. The predicted molar refractivity (Wildman–Crippen MR) is 89.3 cm³/mol. The minimum atomic E-state index is -0.402. The number of carbonyl (C=O) groups is 2. The highest BCUT2D eigenvalue weighted by Crippen LogP contribution is 2.22. The number of rotatable bonds is 4. The highest BCUT2D eigenvalue weighted by Gasteiger charge is 2.19. The van der Waals surface area contributed by atoms with Crippen LogP contribution in [0, 0.1) is 11.3 Å². The lowest BCUT2D eigenvalue weighted by Crippen LogP contribution is -2.37. The quantitative estimate of drug-likeness (QED) is 0.937. The minimum Gasteiger partial charge on any atom is -0.323 e. The Morgan fingerprint density at radius 3 is 2.48 bits per heavy atom. The van der Waals surface area contributed by atoms with Crippen LogP contribution in [-0.4, -0.2) is 18.4 Å². The van der Waals surface area contributed by atoms with E-state index in [0.717, 1.165) is 0 Å². The molecule has 2 amide bonds. The van der Waals surface area contributed by atoms with Gasteiger partial charge in [0.1, 0.15) is 12.6 Å². The van der Waals surface area contributed by atoms with Gasteiger partial charge in [0.25, 0.3) is 0 Å². The fourth-order valence-electron chi connectivity index (χ4n) is 2.07. The number of amides is 2. The molecule has 0 bridgehead atoms. The summed E-state index contributed by atoms with van der Waals surface area (Å²) in [5.41, 5.74) is 1.20. The number of nitrogens with one attached hydrogen (secondary N) is 1. The molecule has 0 saturated carbocycles. The second kappa shape index (κ2) is 7.43. The first-order chi connectivity index (χ1) is 11.0. The van der Waals surface area contributed by atoms with E-state index in [0.29, 0.717) is 22.0 Å². The lowest BCUT2D eigenvalue weighted by molar-refractivity contribution is -0.120. The lowest BCUT2D eigenvalue weighted by Gasteiger charge is -2.21. The Morgan fingerprint density at radius 2 is 1.83 bits per heavy atom. The van der Waals surface area contributed by atoms with Crippen LogP contribution in [0.2, 0.25) is 5.02 Å². The summed E-state index contributed by atoms with van der Waals surface area (Å²) in [4.78, 5) is 25.3. The maximum absolute atomic E-state index is 12.2. The average molecular weight is 328 g/mol. The van der Waals surface area contributed by atoms with Gasteiger partial charge in [-0.15, -0.1) is 0 Å². The van der Waals surface area contributed by atoms with Crippen molar-refractivity contribution < 1.29 is 9.59 Å². The van der Waals surface area contributed by atoms with Crippen LogP contribution in [0.15, 0.2) is 48.5 Å². The molecule has 0 atom stereocenters. The summed E-state index contributed by atoms with van der Waals surface area (Å²) in [6.07, 6.45) is 0. The summed E-state index contributed by atoms with van der Waals surface area (Å²) < 4.78 is 0. The molecule has 0 aliphatic rings. The van der Waals surface area contributed by atoms with Crippen LogP contribution in [-0.2, 0) is 9.59 Å². The first-order valence-electron chi connectivity index (χ1n) is 6.84. The maximum Gasteiger partial charge on any atom is 0.244 e. The van der Waals surface area contributed by atoms with E-state index >= 15 is 0 Å². The molecule has 23 heavy (non-hydrogen) atoms. The van der Waals surface area contributed by atoms with Gasteiger partial charge in [-0.2, -0.15) is 5.26 Å². The normalized spacial score (nSPS) is 9.78. The topological polar surface area (TPSA) is 73.2 Å². The van der Waals surface area contributed by atoms with Gasteiger partial charge in [-0.3, -0.25) is 9.59 Å². The zero-order valence-corrected chi connectivity index (χ0v) is 13.2. The standard InChI is InChI=1S/C17H14ClN3O2/c1-12(22)21(16-9-5-2-6-13(16)10-19)11-17(23)20-15-8-4-3-7-14(15)18/h2-9H,11H2,1H3,(H,20,23). The maximum atomic E-state index is 12.2. The smallest absolute Gasteiger partial charge is 0.244 e. The van der Waals surface area contributed by atoms with Gasteiger partial charge in [-0.25, -0.2) is 0 Å². The third kappa shape index (κ3) is 4.09. The molecule has 0 aliphatic carbocycles. The molecular weight excluding hydrogens is 314 g/mol. The summed E-state index contributed by atoms with van der Waals surface area (Å²) in [6, 6.07) is 15.5. The third-order valence-electron chi connectivity index (χ3n) is 3.15. The van der Waals surface area contributed by atoms with Crippen molar-refractivity contribution >= 4 is 34.8 Å². The van der Waals surface area contributed by atoms with E-state index in [1.165, 1.54) is 11.8 Å². The van der Waals surface area contributed by atoms with Gasteiger partial charge >= 0.3 is 0 Å². The molecule has 2 aromatic rings.